The van der Waals surface area contributed by atoms with E-state index in [1.165, 1.54) is 0 Å². The zero-order chi connectivity index (χ0) is 15.5. The highest BCUT2D eigenvalue weighted by Crippen LogP contribution is 2.33. The molecule has 5 nitrogen and oxygen atoms in total. The maximum Gasteiger partial charge on any atom is 0.231 e. The number of rotatable bonds is 4. The molecular weight excluding hydrogens is 300 g/mol. The van der Waals surface area contributed by atoms with Crippen LogP contribution in [-0.4, -0.2) is 21.1 Å². The van der Waals surface area contributed by atoms with E-state index in [0.29, 0.717) is 22.5 Å². The molecule has 6 heteroatoms. The Labute approximate surface area is 134 Å². The minimum absolute atomic E-state index is 0.139. The summed E-state index contributed by atoms with van der Waals surface area (Å²) in [4.78, 5) is 16.3. The molecule has 1 aliphatic rings. The van der Waals surface area contributed by atoms with Crippen molar-refractivity contribution in [2.75, 3.05) is 5.32 Å². The first-order valence-electron chi connectivity index (χ1n) is 7.40. The summed E-state index contributed by atoms with van der Waals surface area (Å²) in [7, 11) is 0. The van der Waals surface area contributed by atoms with Crippen molar-refractivity contribution in [2.45, 2.75) is 38.5 Å². The van der Waals surface area contributed by atoms with Crippen LogP contribution < -0.4 is 5.32 Å². The van der Waals surface area contributed by atoms with Gasteiger partial charge >= 0.3 is 0 Å². The Morgan fingerprint density at radius 2 is 2.41 bits per heavy atom. The van der Waals surface area contributed by atoms with E-state index < -0.39 is 0 Å². The second-order valence-corrected chi connectivity index (χ2v) is 6.00. The van der Waals surface area contributed by atoms with Crippen molar-refractivity contribution in [1.82, 2.24) is 15.2 Å². The Bertz CT molecular complexity index is 677. The van der Waals surface area contributed by atoms with E-state index in [-0.39, 0.29) is 12.3 Å². The van der Waals surface area contributed by atoms with Crippen molar-refractivity contribution in [3.63, 3.8) is 0 Å². The van der Waals surface area contributed by atoms with E-state index in [9.17, 15) is 4.79 Å². The molecule has 1 radical (unpaired) electrons. The van der Waals surface area contributed by atoms with Crippen molar-refractivity contribution in [1.29, 1.82) is 0 Å². The summed E-state index contributed by atoms with van der Waals surface area (Å²) in [5, 5.41) is 10.5. The lowest BCUT2D eigenvalue weighted by atomic mass is 10.0. The summed E-state index contributed by atoms with van der Waals surface area (Å²) in [6.45, 7) is 1.89. The van der Waals surface area contributed by atoms with Gasteiger partial charge in [0, 0.05) is 23.9 Å². The normalized spacial score (nSPS) is 15.2. The van der Waals surface area contributed by atoms with E-state index >= 15 is 0 Å². The first-order chi connectivity index (χ1) is 10.6. The summed E-state index contributed by atoms with van der Waals surface area (Å²) in [5.41, 5.74) is 2.58. The van der Waals surface area contributed by atoms with E-state index in [1.54, 1.807) is 6.20 Å². The number of carbonyl (C=O) groups excluding carboxylic acids is 1. The molecule has 115 valence electrons. The molecule has 0 unspecified atom stereocenters. The number of nitrogens with one attached hydrogen (secondary N) is 2. The van der Waals surface area contributed by atoms with Crippen LogP contribution in [-0.2, 0) is 11.2 Å². The number of nitrogens with zero attached hydrogens (tertiary/aromatic N) is 2. The first kappa shape index (κ1) is 15.0. The first-order valence-corrected chi connectivity index (χ1v) is 7.78. The van der Waals surface area contributed by atoms with Crippen LogP contribution in [0.15, 0.2) is 18.3 Å². The van der Waals surface area contributed by atoms with Crippen LogP contribution in [0, 0.1) is 13.3 Å². The number of aromatic amines is 1. The van der Waals surface area contributed by atoms with E-state index in [1.807, 2.05) is 19.1 Å². The summed E-state index contributed by atoms with van der Waals surface area (Å²) in [6.07, 6.45) is 7.43. The molecule has 2 aromatic rings. The smallest absolute Gasteiger partial charge is 0.231 e. The van der Waals surface area contributed by atoms with Crippen molar-refractivity contribution < 1.29 is 4.79 Å². The lowest BCUT2D eigenvalue weighted by Gasteiger charge is -2.05. The molecule has 1 fully saturated rings. The van der Waals surface area contributed by atoms with Gasteiger partial charge in [-0.15, -0.1) is 0 Å². The van der Waals surface area contributed by atoms with Crippen LogP contribution in [0.4, 0.5) is 5.82 Å². The summed E-state index contributed by atoms with van der Waals surface area (Å²) in [6, 6.07) is 3.73. The Hall–Kier alpha value is -1.88. The van der Waals surface area contributed by atoms with Gasteiger partial charge in [0.05, 0.1) is 17.1 Å². The van der Waals surface area contributed by atoms with E-state index in [2.05, 4.69) is 26.9 Å². The summed E-state index contributed by atoms with van der Waals surface area (Å²) < 4.78 is 0. The number of aryl methyl sites for hydroxylation is 1. The molecule has 1 amide bonds. The minimum atomic E-state index is -0.170. The van der Waals surface area contributed by atoms with Gasteiger partial charge in [0.1, 0.15) is 0 Å². The number of hydrogen-bond acceptors (Lipinski definition) is 3. The van der Waals surface area contributed by atoms with Gasteiger partial charge in [0.25, 0.3) is 0 Å². The van der Waals surface area contributed by atoms with Gasteiger partial charge in [0.15, 0.2) is 5.82 Å². The fraction of sp³-hybridized carbons (Fsp3) is 0.375. The summed E-state index contributed by atoms with van der Waals surface area (Å²) >= 11 is 6.16. The Morgan fingerprint density at radius 1 is 1.55 bits per heavy atom. The predicted molar refractivity (Wildman–Crippen MR) is 85.8 cm³/mol. The fourth-order valence-corrected chi connectivity index (χ4v) is 2.89. The molecule has 2 aromatic heterocycles. The van der Waals surface area contributed by atoms with E-state index in [4.69, 9.17) is 11.6 Å². The largest absolute Gasteiger partial charge is 0.309 e. The van der Waals surface area contributed by atoms with Crippen LogP contribution in [0.1, 0.15) is 42.1 Å². The number of aromatic nitrogens is 3. The van der Waals surface area contributed by atoms with E-state index in [0.717, 1.165) is 30.5 Å². The molecule has 22 heavy (non-hydrogen) atoms. The standard InChI is InChI=1S/C16H18ClN4O/c1-10-6-7-18-13(16(10)17)9-15(22)19-14-8-12(20-21-14)11-4-2-3-5-11/h2,6-8,11H,3-5,9H2,1H3,(H2,19,20,21,22)/t11-/m0/s1. The summed E-state index contributed by atoms with van der Waals surface area (Å²) in [5.74, 6) is 0.873. The number of carbonyl (C=O) groups is 1. The maximum absolute atomic E-state index is 12.1. The topological polar surface area (TPSA) is 70.7 Å². The van der Waals surface area contributed by atoms with Crippen molar-refractivity contribution in [2.24, 2.45) is 0 Å². The third-order valence-electron chi connectivity index (χ3n) is 3.96. The van der Waals surface area contributed by atoms with Crippen molar-refractivity contribution in [3.8, 4) is 0 Å². The molecule has 0 aliphatic heterocycles. The number of anilines is 1. The zero-order valence-corrected chi connectivity index (χ0v) is 13.2. The van der Waals surface area contributed by atoms with Crippen molar-refractivity contribution in [3.05, 3.63) is 46.7 Å². The molecule has 3 rings (SSSR count). The van der Waals surface area contributed by atoms with Crippen LogP contribution >= 0.6 is 11.6 Å². The quantitative estimate of drug-likeness (QED) is 0.907. The van der Waals surface area contributed by atoms with Crippen LogP contribution in [0.5, 0.6) is 0 Å². The molecule has 0 saturated heterocycles. The molecule has 0 spiro atoms. The molecule has 2 heterocycles. The molecule has 2 N–H and O–H groups in total. The van der Waals surface area contributed by atoms with Crippen LogP contribution in [0.25, 0.3) is 0 Å². The number of amides is 1. The third-order valence-corrected chi connectivity index (χ3v) is 4.47. The molecule has 1 aliphatic carbocycles. The van der Waals surface area contributed by atoms with Crippen LogP contribution in [0.3, 0.4) is 0 Å². The molecular formula is C16H18ClN4O. The SMILES string of the molecule is Cc1ccnc(CC(=O)Nc2cc([C@H]3C[CH]CC3)[nH]n2)c1Cl. The number of pyridine rings is 1. The lowest BCUT2D eigenvalue weighted by molar-refractivity contribution is -0.115. The van der Waals surface area contributed by atoms with Gasteiger partial charge in [-0.05, 0) is 44.2 Å². The third kappa shape index (κ3) is 3.30. The number of H-pyrrole nitrogens is 1. The number of hydrogen-bond donors (Lipinski definition) is 2. The van der Waals surface area contributed by atoms with Gasteiger partial charge in [-0.3, -0.25) is 14.9 Å². The second-order valence-electron chi connectivity index (χ2n) is 5.62. The maximum atomic E-state index is 12.1. The Kier molecular flexibility index (Phi) is 4.43. The monoisotopic (exact) mass is 317 g/mol. The Morgan fingerprint density at radius 3 is 3.18 bits per heavy atom. The highest BCUT2D eigenvalue weighted by atomic mass is 35.5. The highest BCUT2D eigenvalue weighted by molar-refractivity contribution is 6.32. The lowest BCUT2D eigenvalue weighted by Crippen LogP contribution is -2.15. The van der Waals surface area contributed by atoms with Gasteiger partial charge in [-0.2, -0.15) is 5.10 Å². The van der Waals surface area contributed by atoms with Gasteiger partial charge in [0.2, 0.25) is 5.91 Å². The molecule has 0 bridgehead atoms. The van der Waals surface area contributed by atoms with Gasteiger partial charge in [-0.1, -0.05) is 11.6 Å². The fourth-order valence-electron chi connectivity index (χ4n) is 2.71. The average Bonchev–Trinajstić information content (AvgIpc) is 3.14. The highest BCUT2D eigenvalue weighted by Gasteiger charge is 2.20. The number of halogens is 1. The molecule has 0 aromatic carbocycles. The van der Waals surface area contributed by atoms with Gasteiger partial charge < -0.3 is 5.32 Å². The predicted octanol–water partition coefficient (Wildman–Crippen LogP) is 3.42. The second kappa shape index (κ2) is 6.48. The molecule has 1 saturated carbocycles. The van der Waals surface area contributed by atoms with Crippen LogP contribution in [0.2, 0.25) is 5.02 Å². The minimum Gasteiger partial charge on any atom is -0.309 e. The molecule has 1 atom stereocenters. The van der Waals surface area contributed by atoms with Crippen molar-refractivity contribution >= 4 is 23.3 Å². The average molecular weight is 318 g/mol. The zero-order valence-electron chi connectivity index (χ0n) is 12.4. The Balaban J connectivity index is 1.63. The van der Waals surface area contributed by atoms with Gasteiger partial charge in [-0.25, -0.2) is 0 Å².